The fourth-order valence-electron chi connectivity index (χ4n) is 2.27. The fraction of sp³-hybridized carbons (Fsp3) is 0. The van der Waals surface area contributed by atoms with Crippen LogP contribution in [0.2, 0.25) is 5.02 Å². The van der Waals surface area contributed by atoms with E-state index in [0.29, 0.717) is 16.3 Å². The van der Waals surface area contributed by atoms with Crippen LogP contribution in [0.1, 0.15) is 20.7 Å². The predicted molar refractivity (Wildman–Crippen MR) is 105 cm³/mol. The van der Waals surface area contributed by atoms with Crippen LogP contribution in [0.3, 0.4) is 0 Å². The smallest absolute Gasteiger partial charge is 0.343 e. The summed E-state index contributed by atoms with van der Waals surface area (Å²) in [5.74, 6) is -0.846. The lowest BCUT2D eigenvalue weighted by Gasteiger charge is -2.11. The van der Waals surface area contributed by atoms with Crippen molar-refractivity contribution in [1.29, 1.82) is 0 Å². The van der Waals surface area contributed by atoms with E-state index in [0.717, 1.165) is 4.47 Å². The van der Waals surface area contributed by atoms with Crippen LogP contribution in [0.25, 0.3) is 0 Å². The maximum Gasteiger partial charge on any atom is 0.343 e. The highest BCUT2D eigenvalue weighted by molar-refractivity contribution is 9.10. The molecule has 0 unspecified atom stereocenters. The Morgan fingerprint density at radius 3 is 2.42 bits per heavy atom. The largest absolute Gasteiger partial charge is 0.422 e. The fourth-order valence-corrected chi connectivity index (χ4v) is 2.84. The average Bonchev–Trinajstić information content (AvgIpc) is 2.64. The highest BCUT2D eigenvalue weighted by atomic mass is 79.9. The molecule has 0 aliphatic rings. The molecule has 0 atom stereocenters. The maximum atomic E-state index is 12.6. The van der Waals surface area contributed by atoms with Crippen LogP contribution in [0.4, 0.5) is 5.69 Å². The third kappa shape index (κ3) is 4.50. The molecule has 0 saturated heterocycles. The Kier molecular flexibility index (Phi) is 5.71. The normalized spacial score (nSPS) is 10.2. The van der Waals surface area contributed by atoms with Gasteiger partial charge in [-0.1, -0.05) is 51.8 Å². The number of carbonyl (C=O) groups is 2. The summed E-state index contributed by atoms with van der Waals surface area (Å²) < 4.78 is 6.23. The monoisotopic (exact) mass is 429 g/mol. The van der Waals surface area contributed by atoms with Gasteiger partial charge in [0.15, 0.2) is 0 Å². The molecule has 3 rings (SSSR count). The number of benzene rings is 3. The molecular formula is C20H13BrClNO3. The number of hydrogen-bond acceptors (Lipinski definition) is 3. The lowest BCUT2D eigenvalue weighted by atomic mass is 10.1. The van der Waals surface area contributed by atoms with Crippen molar-refractivity contribution < 1.29 is 14.3 Å². The molecule has 26 heavy (non-hydrogen) atoms. The first-order valence-electron chi connectivity index (χ1n) is 7.66. The van der Waals surface area contributed by atoms with Crippen LogP contribution in [-0.4, -0.2) is 11.9 Å². The number of anilines is 1. The Bertz CT molecular complexity index is 960. The summed E-state index contributed by atoms with van der Waals surface area (Å²) >= 11 is 9.37. The number of rotatable bonds is 4. The van der Waals surface area contributed by atoms with Crippen molar-refractivity contribution in [2.75, 3.05) is 5.32 Å². The molecule has 0 bridgehead atoms. The molecule has 3 aromatic rings. The summed E-state index contributed by atoms with van der Waals surface area (Å²) in [6.07, 6.45) is 0. The van der Waals surface area contributed by atoms with Gasteiger partial charge in [0.05, 0.1) is 11.1 Å². The van der Waals surface area contributed by atoms with Gasteiger partial charge in [0.1, 0.15) is 5.75 Å². The van der Waals surface area contributed by atoms with E-state index in [1.165, 1.54) is 12.1 Å². The molecule has 0 aliphatic heterocycles. The van der Waals surface area contributed by atoms with Gasteiger partial charge in [0, 0.05) is 15.2 Å². The van der Waals surface area contributed by atoms with Gasteiger partial charge in [-0.15, -0.1) is 0 Å². The summed E-state index contributed by atoms with van der Waals surface area (Å²) in [5.41, 5.74) is 1.16. The van der Waals surface area contributed by atoms with E-state index < -0.39 is 11.9 Å². The average molecular weight is 431 g/mol. The number of esters is 1. The van der Waals surface area contributed by atoms with Gasteiger partial charge in [0.2, 0.25) is 0 Å². The standard InChI is InChI=1S/C20H13BrClNO3/c21-14-7-4-8-16(11-14)23-19(24)17-12-15(22)9-10-18(17)26-20(25)13-5-2-1-3-6-13/h1-12H,(H,23,24). The molecular weight excluding hydrogens is 418 g/mol. The second-order valence-electron chi connectivity index (χ2n) is 5.36. The van der Waals surface area contributed by atoms with E-state index in [1.807, 2.05) is 6.07 Å². The first-order valence-corrected chi connectivity index (χ1v) is 8.84. The van der Waals surface area contributed by atoms with E-state index in [2.05, 4.69) is 21.2 Å². The van der Waals surface area contributed by atoms with Crippen molar-refractivity contribution >= 4 is 45.1 Å². The summed E-state index contributed by atoms with van der Waals surface area (Å²) in [7, 11) is 0. The summed E-state index contributed by atoms with van der Waals surface area (Å²) in [6.45, 7) is 0. The quantitative estimate of drug-likeness (QED) is 0.434. The molecule has 1 amide bonds. The second-order valence-corrected chi connectivity index (χ2v) is 6.71. The molecule has 6 heteroatoms. The van der Waals surface area contributed by atoms with Gasteiger partial charge < -0.3 is 10.1 Å². The summed E-state index contributed by atoms with van der Waals surface area (Å²) in [4.78, 5) is 24.9. The van der Waals surface area contributed by atoms with E-state index in [-0.39, 0.29) is 11.3 Å². The van der Waals surface area contributed by atoms with Crippen molar-refractivity contribution in [1.82, 2.24) is 0 Å². The van der Waals surface area contributed by atoms with Crippen molar-refractivity contribution in [3.05, 3.63) is 93.4 Å². The van der Waals surface area contributed by atoms with Crippen LogP contribution in [-0.2, 0) is 0 Å². The molecule has 3 aromatic carbocycles. The Balaban J connectivity index is 1.86. The summed E-state index contributed by atoms with van der Waals surface area (Å²) in [5, 5.41) is 3.13. The minimum atomic E-state index is -0.551. The maximum absolute atomic E-state index is 12.6. The number of amides is 1. The lowest BCUT2D eigenvalue weighted by molar-refractivity contribution is 0.0733. The minimum Gasteiger partial charge on any atom is -0.422 e. The number of nitrogens with one attached hydrogen (secondary N) is 1. The molecule has 0 fully saturated rings. The summed E-state index contributed by atoms with van der Waals surface area (Å²) in [6, 6.07) is 20.2. The zero-order valence-corrected chi connectivity index (χ0v) is 15.8. The van der Waals surface area contributed by atoms with E-state index in [4.69, 9.17) is 16.3 Å². The topological polar surface area (TPSA) is 55.4 Å². The Labute approximate surface area is 163 Å². The molecule has 4 nitrogen and oxygen atoms in total. The van der Waals surface area contributed by atoms with E-state index in [9.17, 15) is 9.59 Å². The number of carbonyl (C=O) groups excluding carboxylic acids is 2. The third-order valence-electron chi connectivity index (χ3n) is 3.48. The van der Waals surface area contributed by atoms with Gasteiger partial charge in [0.25, 0.3) is 5.91 Å². The van der Waals surface area contributed by atoms with Crippen LogP contribution in [0, 0.1) is 0 Å². The zero-order chi connectivity index (χ0) is 18.5. The minimum absolute atomic E-state index is 0.135. The molecule has 0 heterocycles. The lowest BCUT2D eigenvalue weighted by Crippen LogP contribution is -2.16. The molecule has 0 aliphatic carbocycles. The van der Waals surface area contributed by atoms with Crippen LogP contribution >= 0.6 is 27.5 Å². The predicted octanol–water partition coefficient (Wildman–Crippen LogP) is 5.57. The molecule has 0 spiro atoms. The van der Waals surface area contributed by atoms with Gasteiger partial charge >= 0.3 is 5.97 Å². The third-order valence-corrected chi connectivity index (χ3v) is 4.21. The number of halogens is 2. The number of ether oxygens (including phenoxy) is 1. The molecule has 0 radical (unpaired) electrons. The first kappa shape index (κ1) is 18.2. The van der Waals surface area contributed by atoms with Crippen molar-refractivity contribution in [2.45, 2.75) is 0 Å². The van der Waals surface area contributed by atoms with Crippen LogP contribution < -0.4 is 10.1 Å². The Hall–Kier alpha value is -2.63. The van der Waals surface area contributed by atoms with Gasteiger partial charge in [-0.05, 0) is 48.5 Å². The number of hydrogen-bond donors (Lipinski definition) is 1. The SMILES string of the molecule is O=C(Oc1ccc(Cl)cc1C(=O)Nc1cccc(Br)c1)c1ccccc1. The second kappa shape index (κ2) is 8.17. The van der Waals surface area contributed by atoms with Crippen molar-refractivity contribution in [3.63, 3.8) is 0 Å². The van der Waals surface area contributed by atoms with E-state index in [1.54, 1.807) is 54.6 Å². The van der Waals surface area contributed by atoms with Crippen molar-refractivity contribution in [3.8, 4) is 5.75 Å². The molecule has 1 N–H and O–H groups in total. The Morgan fingerprint density at radius 1 is 0.923 bits per heavy atom. The highest BCUT2D eigenvalue weighted by Crippen LogP contribution is 2.25. The van der Waals surface area contributed by atoms with Crippen LogP contribution in [0.15, 0.2) is 77.3 Å². The van der Waals surface area contributed by atoms with Crippen LogP contribution in [0.5, 0.6) is 5.75 Å². The van der Waals surface area contributed by atoms with Crippen molar-refractivity contribution in [2.24, 2.45) is 0 Å². The zero-order valence-electron chi connectivity index (χ0n) is 13.4. The highest BCUT2D eigenvalue weighted by Gasteiger charge is 2.17. The first-order chi connectivity index (χ1) is 12.5. The molecule has 0 aromatic heterocycles. The Morgan fingerprint density at radius 2 is 1.69 bits per heavy atom. The van der Waals surface area contributed by atoms with Gasteiger partial charge in [-0.3, -0.25) is 4.79 Å². The van der Waals surface area contributed by atoms with Gasteiger partial charge in [-0.25, -0.2) is 4.79 Å². The molecule has 0 saturated carbocycles. The molecule has 130 valence electrons. The van der Waals surface area contributed by atoms with E-state index >= 15 is 0 Å². The van der Waals surface area contributed by atoms with Gasteiger partial charge in [-0.2, -0.15) is 0 Å².